The molecule has 0 spiro atoms. The van der Waals surface area contributed by atoms with Crippen molar-refractivity contribution in [2.45, 2.75) is 6.92 Å². The summed E-state index contributed by atoms with van der Waals surface area (Å²) in [6.07, 6.45) is 0. The van der Waals surface area contributed by atoms with Gasteiger partial charge in [-0.05, 0) is 37.3 Å². The molecule has 0 saturated carbocycles. The molecule has 3 aromatic rings. The molecule has 1 N–H and O–H groups in total. The summed E-state index contributed by atoms with van der Waals surface area (Å²) in [7, 11) is 3.21. The first-order valence-corrected chi connectivity index (χ1v) is 9.59. The smallest absolute Gasteiger partial charge is 0.203 e. The second kappa shape index (κ2) is 8.61. The van der Waals surface area contributed by atoms with Crippen LogP contribution >= 0.6 is 34.5 Å². The van der Waals surface area contributed by atoms with Gasteiger partial charge >= 0.3 is 0 Å². The predicted molar refractivity (Wildman–Crippen MR) is 113 cm³/mol. The quantitative estimate of drug-likeness (QED) is 0.393. The van der Waals surface area contributed by atoms with Gasteiger partial charge in [-0.2, -0.15) is 5.10 Å². The first-order chi connectivity index (χ1) is 13.0. The van der Waals surface area contributed by atoms with E-state index in [2.05, 4.69) is 15.5 Å². The third-order valence-electron chi connectivity index (χ3n) is 3.84. The molecule has 27 heavy (non-hydrogen) atoms. The van der Waals surface area contributed by atoms with Crippen LogP contribution in [-0.4, -0.2) is 24.9 Å². The van der Waals surface area contributed by atoms with Crippen molar-refractivity contribution in [3.05, 3.63) is 57.4 Å². The third kappa shape index (κ3) is 4.53. The number of methoxy groups -OCH3 is 2. The Labute approximate surface area is 171 Å². The van der Waals surface area contributed by atoms with E-state index in [1.807, 2.05) is 36.6 Å². The number of nitrogens with one attached hydrogen (secondary N) is 1. The summed E-state index contributed by atoms with van der Waals surface area (Å²) in [6.45, 7) is 1.90. The molecule has 0 atom stereocenters. The van der Waals surface area contributed by atoms with Crippen molar-refractivity contribution in [3.8, 4) is 22.8 Å². The Hall–Kier alpha value is -2.28. The van der Waals surface area contributed by atoms with Crippen molar-refractivity contribution in [1.82, 2.24) is 4.98 Å². The normalized spacial score (nSPS) is 11.4. The lowest BCUT2D eigenvalue weighted by molar-refractivity contribution is 0.355. The van der Waals surface area contributed by atoms with Crippen molar-refractivity contribution < 1.29 is 9.47 Å². The van der Waals surface area contributed by atoms with E-state index in [0.29, 0.717) is 26.7 Å². The first kappa shape index (κ1) is 19.5. The summed E-state index contributed by atoms with van der Waals surface area (Å²) in [5.74, 6) is 1.33. The number of halogens is 2. The molecule has 0 radical (unpaired) electrons. The summed E-state index contributed by atoms with van der Waals surface area (Å²) in [5, 5.41) is 8.03. The Morgan fingerprint density at radius 2 is 1.81 bits per heavy atom. The number of benzene rings is 2. The van der Waals surface area contributed by atoms with Crippen LogP contribution in [0.3, 0.4) is 0 Å². The number of hydrazone groups is 1. The maximum absolute atomic E-state index is 6.07. The van der Waals surface area contributed by atoms with Gasteiger partial charge in [0.05, 0.1) is 35.7 Å². The van der Waals surface area contributed by atoms with Gasteiger partial charge in [-0.25, -0.2) is 4.98 Å². The van der Waals surface area contributed by atoms with Crippen molar-refractivity contribution in [2.24, 2.45) is 5.10 Å². The molecule has 2 aromatic carbocycles. The van der Waals surface area contributed by atoms with Gasteiger partial charge in [0.15, 0.2) is 11.5 Å². The van der Waals surface area contributed by atoms with E-state index in [9.17, 15) is 0 Å². The SMILES string of the molecule is COc1ccc(C(C)=NNc2nc(-c3ccc(Cl)c(Cl)c3)cs2)cc1OC. The largest absolute Gasteiger partial charge is 0.493 e. The molecule has 1 aromatic heterocycles. The van der Waals surface area contributed by atoms with Gasteiger partial charge in [0.1, 0.15) is 0 Å². The zero-order valence-corrected chi connectivity index (χ0v) is 17.2. The lowest BCUT2D eigenvalue weighted by atomic mass is 10.1. The Morgan fingerprint density at radius 3 is 2.52 bits per heavy atom. The maximum Gasteiger partial charge on any atom is 0.203 e. The number of rotatable bonds is 6. The van der Waals surface area contributed by atoms with Gasteiger partial charge in [0.25, 0.3) is 0 Å². The van der Waals surface area contributed by atoms with Crippen molar-refractivity contribution >= 4 is 45.4 Å². The number of thiazole rings is 1. The van der Waals surface area contributed by atoms with Crippen LogP contribution in [0.2, 0.25) is 10.0 Å². The van der Waals surface area contributed by atoms with Gasteiger partial charge < -0.3 is 9.47 Å². The molecule has 0 fully saturated rings. The van der Waals surface area contributed by atoms with Gasteiger partial charge in [-0.3, -0.25) is 5.43 Å². The van der Waals surface area contributed by atoms with Crippen LogP contribution in [0.1, 0.15) is 12.5 Å². The van der Waals surface area contributed by atoms with Gasteiger partial charge in [-0.15, -0.1) is 11.3 Å². The molecular formula is C19H17Cl2N3O2S. The fraction of sp³-hybridized carbons (Fsp3) is 0.158. The molecule has 0 aliphatic rings. The van der Waals surface area contributed by atoms with E-state index in [-0.39, 0.29) is 0 Å². The molecule has 5 nitrogen and oxygen atoms in total. The summed E-state index contributed by atoms with van der Waals surface area (Å²) in [5.41, 5.74) is 6.40. The molecular weight excluding hydrogens is 405 g/mol. The standard InChI is InChI=1S/C19H17Cl2N3O2S/c1-11(12-5-7-17(25-2)18(9-12)26-3)23-24-19-22-16(10-27-19)13-4-6-14(20)15(21)8-13/h4-10H,1-3H3,(H,22,24). The van der Waals surface area contributed by atoms with Crippen LogP contribution in [0, 0.1) is 0 Å². The van der Waals surface area contributed by atoms with E-state index < -0.39 is 0 Å². The van der Waals surface area contributed by atoms with Crippen molar-refractivity contribution in [2.75, 3.05) is 19.6 Å². The lowest BCUT2D eigenvalue weighted by Crippen LogP contribution is -2.01. The number of hydrogen-bond acceptors (Lipinski definition) is 6. The topological polar surface area (TPSA) is 55.7 Å². The number of nitrogens with zero attached hydrogens (tertiary/aromatic N) is 2. The van der Waals surface area contributed by atoms with Crippen LogP contribution in [0.25, 0.3) is 11.3 Å². The Balaban J connectivity index is 1.76. The van der Waals surface area contributed by atoms with Gasteiger partial charge in [0, 0.05) is 16.5 Å². The molecule has 0 aliphatic heterocycles. The molecule has 8 heteroatoms. The van der Waals surface area contributed by atoms with Crippen LogP contribution in [0.15, 0.2) is 46.9 Å². The zero-order valence-electron chi connectivity index (χ0n) is 14.9. The summed E-state index contributed by atoms with van der Waals surface area (Å²) in [6, 6.07) is 11.1. The number of ether oxygens (including phenoxy) is 2. The average Bonchev–Trinajstić information content (AvgIpc) is 3.16. The molecule has 140 valence electrons. The minimum atomic E-state index is 0.499. The van der Waals surface area contributed by atoms with Crippen LogP contribution in [0.5, 0.6) is 11.5 Å². The van der Waals surface area contributed by atoms with Crippen LogP contribution in [-0.2, 0) is 0 Å². The van der Waals surface area contributed by atoms with Crippen molar-refractivity contribution in [3.63, 3.8) is 0 Å². The van der Waals surface area contributed by atoms with E-state index in [1.165, 1.54) is 11.3 Å². The third-order valence-corrected chi connectivity index (χ3v) is 5.33. The second-order valence-corrected chi connectivity index (χ2v) is 7.22. The highest BCUT2D eigenvalue weighted by atomic mass is 35.5. The molecule has 0 saturated heterocycles. The number of hydrogen-bond donors (Lipinski definition) is 1. The van der Waals surface area contributed by atoms with E-state index in [4.69, 9.17) is 32.7 Å². The van der Waals surface area contributed by atoms with Crippen LogP contribution < -0.4 is 14.9 Å². The molecule has 3 rings (SSSR count). The van der Waals surface area contributed by atoms with Crippen LogP contribution in [0.4, 0.5) is 5.13 Å². The number of aromatic nitrogens is 1. The average molecular weight is 422 g/mol. The predicted octanol–water partition coefficient (Wildman–Crippen LogP) is 5.97. The molecule has 0 aliphatic carbocycles. The van der Waals surface area contributed by atoms with E-state index >= 15 is 0 Å². The molecule has 0 unspecified atom stereocenters. The monoisotopic (exact) mass is 421 g/mol. The minimum absolute atomic E-state index is 0.499. The molecule has 0 amide bonds. The maximum atomic E-state index is 6.07. The number of anilines is 1. The summed E-state index contributed by atoms with van der Waals surface area (Å²) < 4.78 is 10.6. The van der Waals surface area contributed by atoms with Gasteiger partial charge in [0.2, 0.25) is 5.13 Å². The highest BCUT2D eigenvalue weighted by Gasteiger charge is 2.08. The van der Waals surface area contributed by atoms with Gasteiger partial charge in [-0.1, -0.05) is 29.3 Å². The highest BCUT2D eigenvalue weighted by molar-refractivity contribution is 7.14. The Morgan fingerprint density at radius 1 is 1.04 bits per heavy atom. The minimum Gasteiger partial charge on any atom is -0.493 e. The lowest BCUT2D eigenvalue weighted by Gasteiger charge is -2.09. The second-order valence-electron chi connectivity index (χ2n) is 5.55. The highest BCUT2D eigenvalue weighted by Crippen LogP contribution is 2.31. The molecule has 1 heterocycles. The first-order valence-electron chi connectivity index (χ1n) is 7.95. The van der Waals surface area contributed by atoms with E-state index in [0.717, 1.165) is 22.5 Å². The Kier molecular flexibility index (Phi) is 6.21. The fourth-order valence-corrected chi connectivity index (χ4v) is 3.33. The Bertz CT molecular complexity index is 989. The summed E-state index contributed by atoms with van der Waals surface area (Å²) in [4.78, 5) is 4.53. The van der Waals surface area contributed by atoms with E-state index in [1.54, 1.807) is 26.4 Å². The fourth-order valence-electron chi connectivity index (χ4n) is 2.37. The zero-order chi connectivity index (χ0) is 19.4. The molecule has 0 bridgehead atoms. The summed E-state index contributed by atoms with van der Waals surface area (Å²) >= 11 is 13.5. The van der Waals surface area contributed by atoms with Crippen molar-refractivity contribution in [1.29, 1.82) is 0 Å².